The van der Waals surface area contributed by atoms with Gasteiger partial charge < -0.3 is 15.0 Å². The first-order valence-electron chi connectivity index (χ1n) is 7.99. The Bertz CT molecular complexity index is 464. The molecule has 1 N–H and O–H groups in total. The lowest BCUT2D eigenvalue weighted by atomic mass is 10.0. The Morgan fingerprint density at radius 3 is 2.76 bits per heavy atom. The summed E-state index contributed by atoms with van der Waals surface area (Å²) in [4.78, 5) is 11.3. The normalized spacial score (nSPS) is 21.8. The molecule has 0 amide bonds. The minimum absolute atomic E-state index is 0.247. The predicted molar refractivity (Wildman–Crippen MR) is 87.1 cm³/mol. The average Bonchev–Trinajstić information content (AvgIpc) is 2.89. The minimum atomic E-state index is 0.247. The molecule has 0 radical (unpaired) electrons. The molecule has 1 aliphatic heterocycles. The molecule has 1 aromatic rings. The highest BCUT2D eigenvalue weighted by molar-refractivity contribution is 5.60. The van der Waals surface area contributed by atoms with E-state index in [1.54, 1.807) is 6.33 Å². The largest absolute Gasteiger partial charge is 0.376 e. The van der Waals surface area contributed by atoms with Crippen molar-refractivity contribution in [2.45, 2.75) is 58.6 Å². The minimum Gasteiger partial charge on any atom is -0.376 e. The smallest absolute Gasteiger partial charge is 0.137 e. The average molecular weight is 292 g/mol. The third-order valence-corrected chi connectivity index (χ3v) is 4.15. The summed E-state index contributed by atoms with van der Waals surface area (Å²) in [7, 11) is 2.12. The number of hydrogen-bond donors (Lipinski definition) is 1. The Morgan fingerprint density at radius 1 is 1.43 bits per heavy atom. The third-order valence-electron chi connectivity index (χ3n) is 4.15. The molecule has 2 atom stereocenters. The highest BCUT2D eigenvalue weighted by Crippen LogP contribution is 2.33. The molecule has 5 heteroatoms. The van der Waals surface area contributed by atoms with E-state index >= 15 is 0 Å². The fourth-order valence-corrected chi connectivity index (χ4v) is 2.97. The number of rotatable bonds is 6. The van der Waals surface area contributed by atoms with E-state index in [4.69, 9.17) is 4.74 Å². The Balaban J connectivity index is 2.33. The summed E-state index contributed by atoms with van der Waals surface area (Å²) in [5.74, 6) is 2.37. The van der Waals surface area contributed by atoms with Crippen LogP contribution in [0.1, 0.15) is 52.0 Å². The van der Waals surface area contributed by atoms with Crippen molar-refractivity contribution in [3.05, 3.63) is 11.9 Å². The summed E-state index contributed by atoms with van der Waals surface area (Å²) in [6.07, 6.45) is 4.05. The van der Waals surface area contributed by atoms with E-state index in [9.17, 15) is 0 Å². The van der Waals surface area contributed by atoms with Gasteiger partial charge in [0.15, 0.2) is 0 Å². The lowest BCUT2D eigenvalue weighted by molar-refractivity contribution is 0.118. The van der Waals surface area contributed by atoms with Crippen molar-refractivity contribution in [2.75, 3.05) is 30.4 Å². The molecule has 1 aliphatic rings. The molecule has 0 aromatic carbocycles. The zero-order valence-electron chi connectivity index (χ0n) is 13.9. The fourth-order valence-electron chi connectivity index (χ4n) is 2.97. The van der Waals surface area contributed by atoms with Gasteiger partial charge in [0.2, 0.25) is 0 Å². The van der Waals surface area contributed by atoms with Crippen LogP contribution in [0.2, 0.25) is 0 Å². The van der Waals surface area contributed by atoms with E-state index in [0.717, 1.165) is 37.6 Å². The lowest BCUT2D eigenvalue weighted by Gasteiger charge is -2.30. The van der Waals surface area contributed by atoms with Gasteiger partial charge in [-0.3, -0.25) is 0 Å². The van der Waals surface area contributed by atoms with Crippen LogP contribution >= 0.6 is 0 Å². The number of hydrogen-bond acceptors (Lipinski definition) is 5. The van der Waals surface area contributed by atoms with Crippen molar-refractivity contribution >= 4 is 11.6 Å². The molecule has 1 saturated heterocycles. The topological polar surface area (TPSA) is 50.3 Å². The third kappa shape index (κ3) is 3.46. The molecule has 2 heterocycles. The number of anilines is 2. The Kier molecular flexibility index (Phi) is 5.39. The summed E-state index contributed by atoms with van der Waals surface area (Å²) < 4.78 is 5.70. The molecule has 2 rings (SSSR count). The van der Waals surface area contributed by atoms with E-state index in [0.29, 0.717) is 12.0 Å². The highest BCUT2D eigenvalue weighted by atomic mass is 16.5. The predicted octanol–water partition coefficient (Wildman–Crippen LogP) is 3.04. The molecular formula is C16H28N4O. The Morgan fingerprint density at radius 2 is 2.19 bits per heavy atom. The van der Waals surface area contributed by atoms with Crippen LogP contribution in [0.25, 0.3) is 0 Å². The standard InChI is InChI=1S/C16H28N4O/c1-6-8-17-15-14(11(2)3)16(19-10-18-15)20(5)13-7-9-21-12(13)4/h10-13H,6-9H2,1-5H3,(H,17,18,19). The lowest BCUT2D eigenvalue weighted by Crippen LogP contribution is -2.38. The van der Waals surface area contributed by atoms with Gasteiger partial charge in [-0.1, -0.05) is 20.8 Å². The Labute approximate surface area is 128 Å². The SMILES string of the molecule is CCCNc1ncnc(N(C)C2CCOC2C)c1C(C)C. The van der Waals surface area contributed by atoms with Crippen LogP contribution in [0.4, 0.5) is 11.6 Å². The first-order chi connectivity index (χ1) is 10.1. The summed E-state index contributed by atoms with van der Waals surface area (Å²) >= 11 is 0. The quantitative estimate of drug-likeness (QED) is 0.873. The Hall–Kier alpha value is -1.36. The number of ether oxygens (including phenoxy) is 1. The number of aromatic nitrogens is 2. The summed E-state index contributed by atoms with van der Waals surface area (Å²) in [6.45, 7) is 10.5. The van der Waals surface area contributed by atoms with E-state index in [-0.39, 0.29) is 6.10 Å². The number of nitrogens with zero attached hydrogens (tertiary/aromatic N) is 3. The van der Waals surface area contributed by atoms with Gasteiger partial charge in [0.1, 0.15) is 18.0 Å². The maximum absolute atomic E-state index is 5.70. The molecule has 0 saturated carbocycles. The van der Waals surface area contributed by atoms with E-state index in [1.807, 2.05) is 0 Å². The molecule has 0 bridgehead atoms. The second kappa shape index (κ2) is 7.07. The van der Waals surface area contributed by atoms with Crippen LogP contribution in [0.15, 0.2) is 6.33 Å². The zero-order valence-corrected chi connectivity index (χ0v) is 13.9. The van der Waals surface area contributed by atoms with Crippen LogP contribution in [0.5, 0.6) is 0 Å². The van der Waals surface area contributed by atoms with Crippen molar-refractivity contribution in [2.24, 2.45) is 0 Å². The van der Waals surface area contributed by atoms with Crippen molar-refractivity contribution < 1.29 is 4.74 Å². The molecule has 0 aliphatic carbocycles. The second-order valence-electron chi connectivity index (χ2n) is 6.08. The summed E-state index contributed by atoms with van der Waals surface area (Å²) in [5.41, 5.74) is 1.20. The van der Waals surface area contributed by atoms with Crippen LogP contribution in [-0.4, -0.2) is 42.3 Å². The second-order valence-corrected chi connectivity index (χ2v) is 6.08. The van der Waals surface area contributed by atoms with E-state index < -0.39 is 0 Å². The molecule has 2 unspecified atom stereocenters. The first kappa shape index (κ1) is 16.0. The maximum atomic E-state index is 5.70. The molecule has 5 nitrogen and oxygen atoms in total. The van der Waals surface area contributed by atoms with Crippen molar-refractivity contribution in [3.63, 3.8) is 0 Å². The molecule has 118 valence electrons. The maximum Gasteiger partial charge on any atom is 0.137 e. The van der Waals surface area contributed by atoms with Gasteiger partial charge in [0.05, 0.1) is 12.1 Å². The summed E-state index contributed by atoms with van der Waals surface area (Å²) in [6, 6.07) is 0.386. The van der Waals surface area contributed by atoms with E-state index in [2.05, 4.69) is 54.9 Å². The van der Waals surface area contributed by atoms with Crippen LogP contribution < -0.4 is 10.2 Å². The monoisotopic (exact) mass is 292 g/mol. The molecule has 0 spiro atoms. The first-order valence-corrected chi connectivity index (χ1v) is 7.99. The zero-order chi connectivity index (χ0) is 15.4. The molecule has 1 fully saturated rings. The van der Waals surface area contributed by atoms with Gasteiger partial charge >= 0.3 is 0 Å². The molecular weight excluding hydrogens is 264 g/mol. The van der Waals surface area contributed by atoms with Crippen molar-refractivity contribution in [3.8, 4) is 0 Å². The molecule has 1 aromatic heterocycles. The summed E-state index contributed by atoms with van der Waals surface area (Å²) in [5, 5.41) is 3.43. The van der Waals surface area contributed by atoms with Crippen LogP contribution in [-0.2, 0) is 4.74 Å². The van der Waals surface area contributed by atoms with Crippen molar-refractivity contribution in [1.82, 2.24) is 9.97 Å². The van der Waals surface area contributed by atoms with Gasteiger partial charge in [0.25, 0.3) is 0 Å². The molecule has 21 heavy (non-hydrogen) atoms. The van der Waals surface area contributed by atoms with Gasteiger partial charge in [-0.15, -0.1) is 0 Å². The van der Waals surface area contributed by atoms with Crippen molar-refractivity contribution in [1.29, 1.82) is 0 Å². The number of likely N-dealkylation sites (N-methyl/N-ethyl adjacent to an activating group) is 1. The highest BCUT2D eigenvalue weighted by Gasteiger charge is 2.30. The van der Waals surface area contributed by atoms with Gasteiger partial charge in [0, 0.05) is 25.8 Å². The fraction of sp³-hybridized carbons (Fsp3) is 0.750. The number of nitrogens with one attached hydrogen (secondary N) is 1. The van der Waals surface area contributed by atoms with Gasteiger partial charge in [-0.25, -0.2) is 9.97 Å². The van der Waals surface area contributed by atoms with E-state index in [1.165, 1.54) is 5.56 Å². The van der Waals surface area contributed by atoms with Crippen LogP contribution in [0.3, 0.4) is 0 Å². The van der Waals surface area contributed by atoms with Gasteiger partial charge in [-0.2, -0.15) is 0 Å². The van der Waals surface area contributed by atoms with Crippen LogP contribution in [0, 0.1) is 0 Å². The van der Waals surface area contributed by atoms with Gasteiger partial charge in [-0.05, 0) is 25.7 Å².